The van der Waals surface area contributed by atoms with E-state index < -0.39 is 5.82 Å². The van der Waals surface area contributed by atoms with Crippen molar-refractivity contribution in [3.05, 3.63) is 70.6 Å². The lowest BCUT2D eigenvalue weighted by atomic mass is 9.82. The van der Waals surface area contributed by atoms with Crippen molar-refractivity contribution < 1.29 is 18.7 Å². The highest BCUT2D eigenvalue weighted by Crippen LogP contribution is 2.29. The van der Waals surface area contributed by atoms with Gasteiger partial charge in [0, 0.05) is 29.7 Å². The molecule has 4 rings (SSSR count). The standard InChI is InChI=1S/C25H26ClFN2O3/c1-32-25(31)18-6-2-16(3-7-18)14-28-24(30)22-13-21(27)12-19-10-11-29(23(19)22)15-17-4-8-20(26)9-5-17/h4-5,8-13,16,18H,2-3,6-7,14-15H2,1H3,(H,28,30)/t16-,18-. The molecule has 0 atom stereocenters. The number of carbonyl (C=O) groups excluding carboxylic acids is 2. The first-order chi connectivity index (χ1) is 15.4. The van der Waals surface area contributed by atoms with Gasteiger partial charge in [-0.2, -0.15) is 0 Å². The van der Waals surface area contributed by atoms with Crippen molar-refractivity contribution >= 4 is 34.4 Å². The molecule has 1 heterocycles. The number of nitrogens with zero attached hydrogens (tertiary/aromatic N) is 1. The van der Waals surface area contributed by atoms with E-state index in [9.17, 15) is 14.0 Å². The van der Waals surface area contributed by atoms with Gasteiger partial charge >= 0.3 is 5.97 Å². The summed E-state index contributed by atoms with van der Waals surface area (Å²) in [6.45, 7) is 1.05. The molecule has 1 amide bonds. The fourth-order valence-electron chi connectivity index (χ4n) is 4.51. The molecule has 0 spiro atoms. The number of benzene rings is 2. The van der Waals surface area contributed by atoms with Crippen LogP contribution in [0.5, 0.6) is 0 Å². The average Bonchev–Trinajstić information content (AvgIpc) is 3.20. The van der Waals surface area contributed by atoms with E-state index >= 15 is 0 Å². The number of esters is 1. The number of nitrogens with one attached hydrogen (secondary N) is 1. The van der Waals surface area contributed by atoms with Gasteiger partial charge in [-0.3, -0.25) is 9.59 Å². The van der Waals surface area contributed by atoms with E-state index in [2.05, 4.69) is 5.32 Å². The summed E-state index contributed by atoms with van der Waals surface area (Å²) >= 11 is 5.98. The second kappa shape index (κ2) is 9.74. The van der Waals surface area contributed by atoms with E-state index in [0.29, 0.717) is 40.5 Å². The van der Waals surface area contributed by atoms with Gasteiger partial charge in [0.15, 0.2) is 0 Å². The Morgan fingerprint density at radius 2 is 1.84 bits per heavy atom. The van der Waals surface area contributed by atoms with Crippen LogP contribution in [0.4, 0.5) is 4.39 Å². The molecular weight excluding hydrogens is 431 g/mol. The zero-order valence-electron chi connectivity index (χ0n) is 17.9. The third kappa shape index (κ3) is 4.96. The first-order valence-corrected chi connectivity index (χ1v) is 11.2. The Kier molecular flexibility index (Phi) is 6.80. The number of fused-ring (bicyclic) bond motifs is 1. The Morgan fingerprint density at radius 3 is 2.53 bits per heavy atom. The molecule has 0 saturated heterocycles. The smallest absolute Gasteiger partial charge is 0.308 e. The maximum atomic E-state index is 14.2. The fraction of sp³-hybridized carbons (Fsp3) is 0.360. The molecule has 1 aromatic heterocycles. The summed E-state index contributed by atoms with van der Waals surface area (Å²) in [4.78, 5) is 24.7. The molecular formula is C25H26ClFN2O3. The molecule has 0 bridgehead atoms. The number of methoxy groups -OCH3 is 1. The lowest BCUT2D eigenvalue weighted by Gasteiger charge is -2.27. The van der Waals surface area contributed by atoms with Gasteiger partial charge in [0.1, 0.15) is 5.82 Å². The van der Waals surface area contributed by atoms with Crippen LogP contribution in [0.15, 0.2) is 48.7 Å². The molecule has 1 aliphatic carbocycles. The van der Waals surface area contributed by atoms with Gasteiger partial charge in [-0.05, 0) is 67.5 Å². The third-order valence-electron chi connectivity index (χ3n) is 6.27. The molecule has 0 aliphatic heterocycles. The van der Waals surface area contributed by atoms with E-state index in [1.54, 1.807) is 0 Å². The number of hydrogen-bond acceptors (Lipinski definition) is 3. The van der Waals surface area contributed by atoms with Gasteiger partial charge in [-0.15, -0.1) is 0 Å². The predicted octanol–water partition coefficient (Wildman–Crippen LogP) is 5.19. The molecule has 1 fully saturated rings. The summed E-state index contributed by atoms with van der Waals surface area (Å²) in [5, 5.41) is 4.33. The number of halogens is 2. The number of hydrogen-bond donors (Lipinski definition) is 1. The average molecular weight is 457 g/mol. The van der Waals surface area contributed by atoms with Gasteiger partial charge in [-0.25, -0.2) is 4.39 Å². The highest BCUT2D eigenvalue weighted by Gasteiger charge is 2.27. The van der Waals surface area contributed by atoms with Gasteiger partial charge in [0.25, 0.3) is 5.91 Å². The summed E-state index contributed by atoms with van der Waals surface area (Å²) in [5.41, 5.74) is 2.06. The van der Waals surface area contributed by atoms with Gasteiger partial charge in [0.05, 0.1) is 24.1 Å². The number of aromatic nitrogens is 1. The largest absolute Gasteiger partial charge is 0.469 e. The topological polar surface area (TPSA) is 60.3 Å². The third-order valence-corrected chi connectivity index (χ3v) is 6.52. The van der Waals surface area contributed by atoms with Crippen LogP contribution in [-0.2, 0) is 16.1 Å². The van der Waals surface area contributed by atoms with Crippen LogP contribution in [0, 0.1) is 17.7 Å². The minimum Gasteiger partial charge on any atom is -0.469 e. The quantitative estimate of drug-likeness (QED) is 0.519. The maximum Gasteiger partial charge on any atom is 0.308 e. The van der Waals surface area contributed by atoms with Crippen LogP contribution in [-0.4, -0.2) is 30.1 Å². The minimum atomic E-state index is -0.439. The monoisotopic (exact) mass is 456 g/mol. The van der Waals surface area contributed by atoms with Crippen molar-refractivity contribution in [2.45, 2.75) is 32.2 Å². The van der Waals surface area contributed by atoms with Crippen LogP contribution in [0.3, 0.4) is 0 Å². The first kappa shape index (κ1) is 22.3. The molecule has 3 aromatic rings. The second-order valence-electron chi connectivity index (χ2n) is 8.41. The molecule has 1 aliphatic rings. The van der Waals surface area contributed by atoms with E-state index in [0.717, 1.165) is 31.2 Å². The Hall–Kier alpha value is -2.86. The molecule has 0 radical (unpaired) electrons. The second-order valence-corrected chi connectivity index (χ2v) is 8.85. The van der Waals surface area contributed by atoms with E-state index in [4.69, 9.17) is 16.3 Å². The minimum absolute atomic E-state index is 0.0501. The highest BCUT2D eigenvalue weighted by atomic mass is 35.5. The van der Waals surface area contributed by atoms with Crippen LogP contribution in [0.25, 0.3) is 10.9 Å². The molecule has 168 valence electrons. The summed E-state index contributed by atoms with van der Waals surface area (Å²) < 4.78 is 21.0. The van der Waals surface area contributed by atoms with E-state index in [1.165, 1.54) is 19.2 Å². The van der Waals surface area contributed by atoms with Crippen molar-refractivity contribution in [1.82, 2.24) is 9.88 Å². The Bertz CT molecular complexity index is 1120. The molecule has 32 heavy (non-hydrogen) atoms. The van der Waals surface area contributed by atoms with Crippen LogP contribution in [0.1, 0.15) is 41.6 Å². The predicted molar refractivity (Wildman–Crippen MR) is 122 cm³/mol. The van der Waals surface area contributed by atoms with Crippen LogP contribution >= 0.6 is 11.6 Å². The maximum absolute atomic E-state index is 14.2. The molecule has 1 saturated carbocycles. The summed E-state index contributed by atoms with van der Waals surface area (Å²) in [5.74, 6) is -0.641. The number of rotatable bonds is 6. The van der Waals surface area contributed by atoms with Crippen LogP contribution in [0.2, 0.25) is 5.02 Å². The molecule has 1 N–H and O–H groups in total. The summed E-state index contributed by atoms with van der Waals surface area (Å²) in [6, 6.07) is 12.1. The van der Waals surface area contributed by atoms with Crippen molar-refractivity contribution in [3.63, 3.8) is 0 Å². The molecule has 7 heteroatoms. The van der Waals surface area contributed by atoms with E-state index in [1.807, 2.05) is 41.1 Å². The zero-order chi connectivity index (χ0) is 22.7. The zero-order valence-corrected chi connectivity index (χ0v) is 18.7. The molecule has 5 nitrogen and oxygen atoms in total. The van der Waals surface area contributed by atoms with Crippen molar-refractivity contribution in [3.8, 4) is 0 Å². The Balaban J connectivity index is 1.48. The fourth-order valence-corrected chi connectivity index (χ4v) is 4.63. The number of carbonyl (C=O) groups is 2. The summed E-state index contributed by atoms with van der Waals surface area (Å²) in [6.07, 6.45) is 5.10. The summed E-state index contributed by atoms with van der Waals surface area (Å²) in [7, 11) is 1.41. The molecule has 2 aromatic carbocycles. The normalized spacial score (nSPS) is 18.5. The van der Waals surface area contributed by atoms with Crippen molar-refractivity contribution in [2.24, 2.45) is 11.8 Å². The SMILES string of the molecule is COC(=O)[C@H]1CC[C@H](CNC(=O)c2cc(F)cc3ccn(Cc4ccc(Cl)cc4)c23)CC1. The Labute approximate surface area is 191 Å². The van der Waals surface area contributed by atoms with Gasteiger partial charge in [-0.1, -0.05) is 23.7 Å². The van der Waals surface area contributed by atoms with Gasteiger partial charge in [0.2, 0.25) is 0 Å². The number of amides is 1. The first-order valence-electron chi connectivity index (χ1n) is 10.8. The van der Waals surface area contributed by atoms with Crippen molar-refractivity contribution in [1.29, 1.82) is 0 Å². The van der Waals surface area contributed by atoms with Crippen molar-refractivity contribution in [2.75, 3.05) is 13.7 Å². The molecule has 0 unspecified atom stereocenters. The number of ether oxygens (including phenoxy) is 1. The lowest BCUT2D eigenvalue weighted by Crippen LogP contribution is -2.33. The van der Waals surface area contributed by atoms with Gasteiger partial charge < -0.3 is 14.6 Å². The highest BCUT2D eigenvalue weighted by molar-refractivity contribution is 6.30. The lowest BCUT2D eigenvalue weighted by molar-refractivity contribution is -0.146. The van der Waals surface area contributed by atoms with E-state index in [-0.39, 0.29) is 17.8 Å². The Morgan fingerprint density at radius 1 is 1.12 bits per heavy atom. The van der Waals surface area contributed by atoms with Crippen LogP contribution < -0.4 is 5.32 Å².